The van der Waals surface area contributed by atoms with Crippen LogP contribution in [0.25, 0.3) is 0 Å². The fourth-order valence-corrected chi connectivity index (χ4v) is 1.05. The summed E-state index contributed by atoms with van der Waals surface area (Å²) in [5.74, 6) is -1.39. The molecule has 0 bridgehead atoms. The Morgan fingerprint density at radius 3 is 2.50 bits per heavy atom. The molecule has 0 aliphatic rings. The smallest absolute Gasteiger partial charge is 0.315 e. The van der Waals surface area contributed by atoms with Crippen LogP contribution in [0, 0.1) is 0 Å². The van der Waals surface area contributed by atoms with E-state index in [1.165, 1.54) is 0 Å². The zero-order valence-corrected chi connectivity index (χ0v) is 9.16. The number of hydrogen-bond acceptors (Lipinski definition) is 3. The highest BCUT2D eigenvalue weighted by Crippen LogP contribution is 1.90. The average Bonchev–Trinajstić information content (AvgIpc) is 2.10. The predicted octanol–water partition coefficient (Wildman–Crippen LogP) is -0.586. The van der Waals surface area contributed by atoms with Crippen molar-refractivity contribution in [2.45, 2.75) is 32.2 Å². The van der Waals surface area contributed by atoms with E-state index in [2.05, 4.69) is 10.6 Å². The Kier molecular flexibility index (Phi) is 6.66. The van der Waals surface area contributed by atoms with Crippen LogP contribution >= 0.6 is 0 Å². The van der Waals surface area contributed by atoms with Crippen LogP contribution in [0.15, 0.2) is 0 Å². The van der Waals surface area contributed by atoms with Gasteiger partial charge in [0.25, 0.3) is 0 Å². The van der Waals surface area contributed by atoms with Crippen molar-refractivity contribution in [1.82, 2.24) is 10.6 Å². The van der Waals surface area contributed by atoms with Crippen molar-refractivity contribution in [2.75, 3.05) is 6.54 Å². The van der Waals surface area contributed by atoms with Crippen molar-refractivity contribution in [3.63, 3.8) is 0 Å². The lowest BCUT2D eigenvalue weighted by atomic mass is 10.2. The molecular formula is C9H17N3O4. The molecule has 16 heavy (non-hydrogen) atoms. The average molecular weight is 231 g/mol. The second-order valence-corrected chi connectivity index (χ2v) is 3.47. The maximum Gasteiger partial charge on any atom is 0.315 e. The summed E-state index contributed by atoms with van der Waals surface area (Å²) in [7, 11) is 0. The van der Waals surface area contributed by atoms with Crippen LogP contribution in [-0.4, -0.2) is 35.6 Å². The summed E-state index contributed by atoms with van der Waals surface area (Å²) < 4.78 is 0. The highest BCUT2D eigenvalue weighted by atomic mass is 16.4. The van der Waals surface area contributed by atoms with Crippen molar-refractivity contribution in [3.8, 4) is 0 Å². The molecule has 1 atom stereocenters. The lowest BCUT2D eigenvalue weighted by molar-refractivity contribution is -0.137. The van der Waals surface area contributed by atoms with Crippen molar-refractivity contribution < 1.29 is 19.5 Å². The maximum atomic E-state index is 11.1. The number of aliphatic carboxylic acids is 1. The van der Waals surface area contributed by atoms with E-state index >= 15 is 0 Å². The summed E-state index contributed by atoms with van der Waals surface area (Å²) >= 11 is 0. The molecule has 0 heterocycles. The number of amides is 3. The van der Waals surface area contributed by atoms with Gasteiger partial charge in [0.05, 0.1) is 6.42 Å². The highest BCUT2D eigenvalue weighted by Gasteiger charge is 2.09. The Morgan fingerprint density at radius 1 is 1.38 bits per heavy atom. The van der Waals surface area contributed by atoms with Crippen LogP contribution in [-0.2, 0) is 9.59 Å². The molecule has 7 heteroatoms. The molecular weight excluding hydrogens is 214 g/mol. The van der Waals surface area contributed by atoms with E-state index in [1.54, 1.807) is 6.92 Å². The Hall–Kier alpha value is -1.79. The number of carbonyl (C=O) groups excluding carboxylic acids is 2. The van der Waals surface area contributed by atoms with Crippen LogP contribution in [0.3, 0.4) is 0 Å². The number of primary amides is 1. The van der Waals surface area contributed by atoms with E-state index in [-0.39, 0.29) is 12.8 Å². The standard InChI is InChI=1S/C9H17N3O4/c1-6(5-8(14)15)12-9(16)11-4-2-3-7(10)13/h6H,2-5H2,1H3,(H2,10,13)(H,14,15)(H2,11,12,16). The quantitative estimate of drug-likeness (QED) is 0.437. The molecule has 5 N–H and O–H groups in total. The minimum atomic E-state index is -0.971. The summed E-state index contributed by atoms with van der Waals surface area (Å²) in [6.45, 7) is 1.92. The number of carboxylic acids is 1. The number of carbonyl (C=O) groups is 3. The maximum absolute atomic E-state index is 11.1. The van der Waals surface area contributed by atoms with Gasteiger partial charge in [0.1, 0.15) is 0 Å². The fourth-order valence-electron chi connectivity index (χ4n) is 1.05. The minimum absolute atomic E-state index is 0.130. The molecule has 0 aliphatic heterocycles. The zero-order chi connectivity index (χ0) is 12.6. The highest BCUT2D eigenvalue weighted by molar-refractivity contribution is 5.76. The van der Waals surface area contributed by atoms with E-state index in [0.29, 0.717) is 13.0 Å². The first-order chi connectivity index (χ1) is 7.41. The number of urea groups is 1. The Balaban J connectivity index is 3.58. The van der Waals surface area contributed by atoms with Gasteiger partial charge in [-0.3, -0.25) is 9.59 Å². The third-order valence-electron chi connectivity index (χ3n) is 1.74. The van der Waals surface area contributed by atoms with Crippen LogP contribution in [0.5, 0.6) is 0 Å². The molecule has 0 aromatic heterocycles. The summed E-state index contributed by atoms with van der Waals surface area (Å²) in [6, 6.07) is -0.883. The van der Waals surface area contributed by atoms with Crippen LogP contribution in [0.4, 0.5) is 4.79 Å². The van der Waals surface area contributed by atoms with E-state index in [9.17, 15) is 14.4 Å². The van der Waals surface area contributed by atoms with Crippen molar-refractivity contribution in [3.05, 3.63) is 0 Å². The first-order valence-corrected chi connectivity index (χ1v) is 4.96. The predicted molar refractivity (Wildman–Crippen MR) is 56.7 cm³/mol. The normalized spacial score (nSPS) is 11.6. The second kappa shape index (κ2) is 7.49. The third-order valence-corrected chi connectivity index (χ3v) is 1.74. The van der Waals surface area contributed by atoms with Gasteiger partial charge in [0.15, 0.2) is 0 Å². The molecule has 0 fully saturated rings. The Labute approximate surface area is 93.4 Å². The van der Waals surface area contributed by atoms with Gasteiger partial charge in [-0.25, -0.2) is 4.79 Å². The Morgan fingerprint density at radius 2 is 2.00 bits per heavy atom. The van der Waals surface area contributed by atoms with Gasteiger partial charge in [0.2, 0.25) is 5.91 Å². The molecule has 0 aromatic rings. The van der Waals surface area contributed by atoms with Gasteiger partial charge >= 0.3 is 12.0 Å². The molecule has 92 valence electrons. The summed E-state index contributed by atoms with van der Waals surface area (Å²) in [6.07, 6.45) is 0.551. The van der Waals surface area contributed by atoms with Crippen molar-refractivity contribution in [2.24, 2.45) is 5.73 Å². The lowest BCUT2D eigenvalue weighted by Crippen LogP contribution is -2.42. The second-order valence-electron chi connectivity index (χ2n) is 3.47. The summed E-state index contributed by atoms with van der Waals surface area (Å²) in [5.41, 5.74) is 4.91. The molecule has 0 saturated heterocycles. The van der Waals surface area contributed by atoms with E-state index in [1.807, 2.05) is 0 Å². The summed E-state index contributed by atoms with van der Waals surface area (Å²) in [4.78, 5) is 31.8. The largest absolute Gasteiger partial charge is 0.481 e. The van der Waals surface area contributed by atoms with Gasteiger partial charge in [-0.2, -0.15) is 0 Å². The number of nitrogens with two attached hydrogens (primary N) is 1. The van der Waals surface area contributed by atoms with Gasteiger partial charge < -0.3 is 21.5 Å². The first kappa shape index (κ1) is 14.2. The SMILES string of the molecule is CC(CC(=O)O)NC(=O)NCCCC(N)=O. The molecule has 0 rings (SSSR count). The number of rotatable bonds is 7. The monoisotopic (exact) mass is 231 g/mol. The van der Waals surface area contributed by atoms with Crippen LogP contribution in [0.2, 0.25) is 0 Å². The Bertz CT molecular complexity index is 267. The zero-order valence-electron chi connectivity index (χ0n) is 9.16. The molecule has 0 aromatic carbocycles. The van der Waals surface area contributed by atoms with Crippen LogP contribution in [0.1, 0.15) is 26.2 Å². The van der Waals surface area contributed by atoms with Gasteiger partial charge in [0, 0.05) is 19.0 Å². The molecule has 3 amide bonds. The van der Waals surface area contributed by atoms with Gasteiger partial charge in [-0.15, -0.1) is 0 Å². The number of hydrogen-bond donors (Lipinski definition) is 4. The number of nitrogens with one attached hydrogen (secondary N) is 2. The van der Waals surface area contributed by atoms with Gasteiger partial charge in [-0.05, 0) is 13.3 Å². The molecule has 0 saturated carbocycles. The molecule has 0 radical (unpaired) electrons. The third kappa shape index (κ3) is 8.79. The number of carboxylic acid groups (broad SMARTS) is 1. The minimum Gasteiger partial charge on any atom is -0.481 e. The fraction of sp³-hybridized carbons (Fsp3) is 0.667. The molecule has 1 unspecified atom stereocenters. The summed E-state index contributed by atoms with van der Waals surface area (Å²) in [5, 5.41) is 13.4. The van der Waals surface area contributed by atoms with E-state index in [0.717, 1.165) is 0 Å². The first-order valence-electron chi connectivity index (χ1n) is 4.96. The molecule has 7 nitrogen and oxygen atoms in total. The lowest BCUT2D eigenvalue weighted by Gasteiger charge is -2.12. The van der Waals surface area contributed by atoms with E-state index in [4.69, 9.17) is 10.8 Å². The van der Waals surface area contributed by atoms with Gasteiger partial charge in [-0.1, -0.05) is 0 Å². The van der Waals surface area contributed by atoms with Crippen LogP contribution < -0.4 is 16.4 Å². The van der Waals surface area contributed by atoms with Crippen molar-refractivity contribution >= 4 is 17.9 Å². The topological polar surface area (TPSA) is 122 Å². The molecule has 0 aliphatic carbocycles. The molecule has 0 spiro atoms. The van der Waals surface area contributed by atoms with Crippen molar-refractivity contribution in [1.29, 1.82) is 0 Å². The van der Waals surface area contributed by atoms with E-state index < -0.39 is 23.9 Å².